The fourth-order valence-electron chi connectivity index (χ4n) is 2.89. The van der Waals surface area contributed by atoms with E-state index < -0.39 is 12.0 Å². The summed E-state index contributed by atoms with van der Waals surface area (Å²) in [5.74, 6) is -1.01. The molecule has 1 fully saturated rings. The zero-order valence-electron chi connectivity index (χ0n) is 12.8. The molecule has 1 amide bonds. The third-order valence-electron chi connectivity index (χ3n) is 4.11. The van der Waals surface area contributed by atoms with Crippen LogP contribution in [0.1, 0.15) is 37.7 Å². The highest BCUT2D eigenvalue weighted by atomic mass is 19.1. The van der Waals surface area contributed by atoms with Gasteiger partial charge in [-0.05, 0) is 30.5 Å². The summed E-state index contributed by atoms with van der Waals surface area (Å²) in [6, 6.07) is 5.24. The minimum atomic E-state index is -0.777. The molecule has 0 spiro atoms. The fourth-order valence-corrected chi connectivity index (χ4v) is 2.89. The maximum atomic E-state index is 13.3. The first-order valence-electron chi connectivity index (χ1n) is 7.73. The number of amides is 1. The molecule has 1 saturated carbocycles. The van der Waals surface area contributed by atoms with Crippen LogP contribution < -0.4 is 5.32 Å². The summed E-state index contributed by atoms with van der Waals surface area (Å²) in [5, 5.41) is 2.77. The van der Waals surface area contributed by atoms with E-state index in [0.29, 0.717) is 5.56 Å². The standard InChI is InChI=1S/C17H22FNO3/c1-22-17(21)15(11-12-6-5-9-14(18)10-12)19-16(20)13-7-3-2-4-8-13/h5-6,9-10,13,15H,2-4,7-8,11H2,1H3,(H,19,20)/t15-/m1/s1. The Morgan fingerprint density at radius 1 is 1.32 bits per heavy atom. The number of ether oxygens (including phenoxy) is 1. The Labute approximate surface area is 130 Å². The van der Waals surface area contributed by atoms with Gasteiger partial charge in [-0.3, -0.25) is 4.79 Å². The van der Waals surface area contributed by atoms with E-state index >= 15 is 0 Å². The van der Waals surface area contributed by atoms with E-state index in [1.807, 2.05) is 0 Å². The van der Waals surface area contributed by atoms with Crippen LogP contribution in [0.25, 0.3) is 0 Å². The predicted octanol–water partition coefficient (Wildman–Crippen LogP) is 2.61. The Morgan fingerprint density at radius 3 is 2.68 bits per heavy atom. The van der Waals surface area contributed by atoms with Crippen molar-refractivity contribution in [2.24, 2.45) is 5.92 Å². The zero-order chi connectivity index (χ0) is 15.9. The van der Waals surface area contributed by atoms with Crippen molar-refractivity contribution in [3.63, 3.8) is 0 Å². The first kappa shape index (κ1) is 16.5. The van der Waals surface area contributed by atoms with Gasteiger partial charge in [0.2, 0.25) is 5.91 Å². The van der Waals surface area contributed by atoms with Crippen LogP contribution in [0.4, 0.5) is 4.39 Å². The quantitative estimate of drug-likeness (QED) is 0.851. The van der Waals surface area contributed by atoms with E-state index in [1.165, 1.54) is 19.2 Å². The number of rotatable bonds is 5. The van der Waals surface area contributed by atoms with Gasteiger partial charge in [0.1, 0.15) is 11.9 Å². The second kappa shape index (κ2) is 7.92. The van der Waals surface area contributed by atoms with E-state index in [0.717, 1.165) is 32.1 Å². The van der Waals surface area contributed by atoms with E-state index in [2.05, 4.69) is 5.32 Å². The van der Waals surface area contributed by atoms with E-state index in [1.54, 1.807) is 12.1 Å². The van der Waals surface area contributed by atoms with Crippen molar-refractivity contribution < 1.29 is 18.7 Å². The molecule has 2 rings (SSSR count). The van der Waals surface area contributed by atoms with Gasteiger partial charge in [0.15, 0.2) is 0 Å². The van der Waals surface area contributed by atoms with Crippen molar-refractivity contribution in [3.8, 4) is 0 Å². The number of hydrogen-bond donors (Lipinski definition) is 1. The highest BCUT2D eigenvalue weighted by Crippen LogP contribution is 2.24. The maximum Gasteiger partial charge on any atom is 0.328 e. The van der Waals surface area contributed by atoms with Crippen LogP contribution in [-0.2, 0) is 20.7 Å². The van der Waals surface area contributed by atoms with Gasteiger partial charge in [-0.25, -0.2) is 9.18 Å². The molecule has 0 radical (unpaired) electrons. The number of nitrogens with one attached hydrogen (secondary N) is 1. The summed E-state index contributed by atoms with van der Waals surface area (Å²) in [6.45, 7) is 0. The van der Waals surface area contributed by atoms with E-state index in [9.17, 15) is 14.0 Å². The summed E-state index contributed by atoms with van der Waals surface area (Å²) in [4.78, 5) is 24.2. The van der Waals surface area contributed by atoms with Crippen molar-refractivity contribution in [1.82, 2.24) is 5.32 Å². The molecule has 1 aliphatic rings. The van der Waals surface area contributed by atoms with E-state index in [-0.39, 0.29) is 24.1 Å². The van der Waals surface area contributed by atoms with Crippen LogP contribution in [-0.4, -0.2) is 25.0 Å². The van der Waals surface area contributed by atoms with Crippen molar-refractivity contribution in [2.45, 2.75) is 44.6 Å². The molecule has 0 aliphatic heterocycles. The highest BCUT2D eigenvalue weighted by molar-refractivity contribution is 5.86. The van der Waals surface area contributed by atoms with Crippen molar-refractivity contribution in [3.05, 3.63) is 35.6 Å². The lowest BCUT2D eigenvalue weighted by Crippen LogP contribution is -2.45. The van der Waals surface area contributed by atoms with Crippen LogP contribution in [0, 0.1) is 11.7 Å². The normalized spacial score (nSPS) is 16.8. The molecule has 0 heterocycles. The smallest absolute Gasteiger partial charge is 0.328 e. The summed E-state index contributed by atoms with van der Waals surface area (Å²) in [7, 11) is 1.29. The molecule has 0 saturated heterocycles. The molecular formula is C17H22FNO3. The first-order valence-corrected chi connectivity index (χ1v) is 7.73. The van der Waals surface area contributed by atoms with Crippen LogP contribution >= 0.6 is 0 Å². The minimum Gasteiger partial charge on any atom is -0.467 e. The number of methoxy groups -OCH3 is 1. The second-order valence-corrected chi connectivity index (χ2v) is 5.75. The van der Waals surface area contributed by atoms with Gasteiger partial charge in [0.05, 0.1) is 7.11 Å². The molecule has 1 aromatic rings. The number of esters is 1. The molecule has 1 atom stereocenters. The van der Waals surface area contributed by atoms with Gasteiger partial charge in [0, 0.05) is 12.3 Å². The average molecular weight is 307 g/mol. The third-order valence-corrected chi connectivity index (χ3v) is 4.11. The Balaban J connectivity index is 2.02. The first-order chi connectivity index (χ1) is 10.6. The van der Waals surface area contributed by atoms with Crippen molar-refractivity contribution in [1.29, 1.82) is 0 Å². The van der Waals surface area contributed by atoms with Crippen LogP contribution in [0.15, 0.2) is 24.3 Å². The number of halogens is 1. The number of hydrogen-bond acceptors (Lipinski definition) is 3. The third kappa shape index (κ3) is 4.55. The number of carbonyl (C=O) groups is 2. The van der Waals surface area contributed by atoms with E-state index in [4.69, 9.17) is 4.74 Å². The molecule has 1 aromatic carbocycles. The Kier molecular flexibility index (Phi) is 5.92. The molecule has 0 unspecified atom stereocenters. The molecule has 4 nitrogen and oxygen atoms in total. The summed E-state index contributed by atoms with van der Waals surface area (Å²) < 4.78 is 18.0. The number of carbonyl (C=O) groups excluding carboxylic acids is 2. The van der Waals surface area contributed by atoms with Crippen molar-refractivity contribution >= 4 is 11.9 Å². The molecule has 5 heteroatoms. The molecule has 22 heavy (non-hydrogen) atoms. The van der Waals surface area contributed by atoms with Gasteiger partial charge in [-0.2, -0.15) is 0 Å². The maximum absolute atomic E-state index is 13.3. The monoisotopic (exact) mass is 307 g/mol. The van der Waals surface area contributed by atoms with Crippen LogP contribution in [0.5, 0.6) is 0 Å². The largest absolute Gasteiger partial charge is 0.467 e. The lowest BCUT2D eigenvalue weighted by atomic mass is 9.88. The molecule has 0 bridgehead atoms. The zero-order valence-corrected chi connectivity index (χ0v) is 12.8. The van der Waals surface area contributed by atoms with Gasteiger partial charge < -0.3 is 10.1 Å². The fraction of sp³-hybridized carbons (Fsp3) is 0.529. The van der Waals surface area contributed by atoms with Gasteiger partial charge >= 0.3 is 5.97 Å². The summed E-state index contributed by atoms with van der Waals surface area (Å²) >= 11 is 0. The number of benzene rings is 1. The predicted molar refractivity (Wildman–Crippen MR) is 80.6 cm³/mol. The van der Waals surface area contributed by atoms with Gasteiger partial charge in [-0.1, -0.05) is 31.4 Å². The summed E-state index contributed by atoms with van der Waals surface area (Å²) in [5.41, 5.74) is 0.652. The molecule has 120 valence electrons. The minimum absolute atomic E-state index is 0.0339. The van der Waals surface area contributed by atoms with Crippen LogP contribution in [0.2, 0.25) is 0 Å². The SMILES string of the molecule is COC(=O)[C@@H](Cc1cccc(F)c1)NC(=O)C1CCCCC1. The highest BCUT2D eigenvalue weighted by Gasteiger charge is 2.27. The molecule has 1 aliphatic carbocycles. The Hall–Kier alpha value is -1.91. The molecule has 1 N–H and O–H groups in total. The Morgan fingerprint density at radius 2 is 2.05 bits per heavy atom. The molecule has 0 aromatic heterocycles. The van der Waals surface area contributed by atoms with Crippen LogP contribution in [0.3, 0.4) is 0 Å². The average Bonchev–Trinajstić information content (AvgIpc) is 2.54. The topological polar surface area (TPSA) is 55.4 Å². The lowest BCUT2D eigenvalue weighted by molar-refractivity contribution is -0.145. The second-order valence-electron chi connectivity index (χ2n) is 5.75. The van der Waals surface area contributed by atoms with Gasteiger partial charge in [-0.15, -0.1) is 0 Å². The summed E-state index contributed by atoms with van der Waals surface area (Å²) in [6.07, 6.45) is 5.20. The van der Waals surface area contributed by atoms with Crippen molar-refractivity contribution in [2.75, 3.05) is 7.11 Å². The lowest BCUT2D eigenvalue weighted by Gasteiger charge is -2.24. The Bertz CT molecular complexity index is 526. The van der Waals surface area contributed by atoms with Gasteiger partial charge in [0.25, 0.3) is 0 Å². The molecular weight excluding hydrogens is 285 g/mol.